The van der Waals surface area contributed by atoms with Crippen LogP contribution in [0.2, 0.25) is 0 Å². The summed E-state index contributed by atoms with van der Waals surface area (Å²) in [6.07, 6.45) is 1.46. The van der Waals surface area contributed by atoms with E-state index in [1.54, 1.807) is 0 Å². The molecule has 0 amide bonds. The molecule has 6 heteroatoms. The Labute approximate surface area is 146 Å². The molecule has 1 aromatic heterocycles. The summed E-state index contributed by atoms with van der Waals surface area (Å²) in [6, 6.07) is 0.0447. The third kappa shape index (κ3) is 5.28. The molecule has 24 heavy (non-hydrogen) atoms. The lowest BCUT2D eigenvalue weighted by Crippen LogP contribution is -2.48. The lowest BCUT2D eigenvalue weighted by atomic mass is 9.94. The van der Waals surface area contributed by atoms with Crippen molar-refractivity contribution in [1.82, 2.24) is 19.7 Å². The third-order valence-electron chi connectivity index (χ3n) is 4.84. The van der Waals surface area contributed by atoms with Crippen molar-refractivity contribution in [3.63, 3.8) is 0 Å². The van der Waals surface area contributed by atoms with Crippen LogP contribution in [0.4, 0.5) is 0 Å². The van der Waals surface area contributed by atoms with Crippen molar-refractivity contribution in [2.24, 2.45) is 0 Å². The number of hydrogen-bond acceptors (Lipinski definition) is 6. The van der Waals surface area contributed by atoms with Crippen molar-refractivity contribution in [1.29, 1.82) is 0 Å². The molecule has 0 radical (unpaired) electrons. The summed E-state index contributed by atoms with van der Waals surface area (Å²) >= 11 is 0. The summed E-state index contributed by atoms with van der Waals surface area (Å²) in [5, 5.41) is 10.4. The van der Waals surface area contributed by atoms with Crippen LogP contribution >= 0.6 is 0 Å². The maximum Gasteiger partial charge on any atom is 0.211 e. The van der Waals surface area contributed by atoms with Gasteiger partial charge in [0.1, 0.15) is 5.76 Å². The molecule has 1 saturated heterocycles. The van der Waals surface area contributed by atoms with Gasteiger partial charge < -0.3 is 14.4 Å². The van der Waals surface area contributed by atoms with Crippen molar-refractivity contribution in [2.75, 3.05) is 53.4 Å². The quantitative estimate of drug-likeness (QED) is 0.850. The van der Waals surface area contributed by atoms with Gasteiger partial charge >= 0.3 is 0 Å². The van der Waals surface area contributed by atoms with Crippen LogP contribution < -0.4 is 0 Å². The molecule has 0 aromatic carbocycles. The van der Waals surface area contributed by atoms with Gasteiger partial charge in [0.2, 0.25) is 5.89 Å². The fourth-order valence-corrected chi connectivity index (χ4v) is 2.89. The molecule has 0 bridgehead atoms. The van der Waals surface area contributed by atoms with E-state index < -0.39 is 0 Å². The zero-order valence-electron chi connectivity index (χ0n) is 16.1. The Bertz CT molecular complexity index is 503. The van der Waals surface area contributed by atoms with E-state index in [9.17, 15) is 5.11 Å². The van der Waals surface area contributed by atoms with Crippen molar-refractivity contribution >= 4 is 0 Å². The molecule has 2 heterocycles. The first-order valence-electron chi connectivity index (χ1n) is 8.92. The van der Waals surface area contributed by atoms with Crippen LogP contribution in [-0.2, 0) is 5.41 Å². The highest BCUT2D eigenvalue weighted by atomic mass is 16.4. The van der Waals surface area contributed by atoms with Crippen LogP contribution in [0.25, 0.3) is 0 Å². The second-order valence-corrected chi connectivity index (χ2v) is 8.19. The number of nitrogens with zero attached hydrogens (tertiary/aromatic N) is 4. The molecule has 1 aliphatic heterocycles. The Morgan fingerprint density at radius 1 is 1.29 bits per heavy atom. The van der Waals surface area contributed by atoms with Gasteiger partial charge in [0.25, 0.3) is 0 Å². The van der Waals surface area contributed by atoms with Gasteiger partial charge in [-0.3, -0.25) is 9.80 Å². The average molecular weight is 338 g/mol. The van der Waals surface area contributed by atoms with Gasteiger partial charge in [0.05, 0.1) is 18.3 Å². The van der Waals surface area contributed by atoms with E-state index in [0.29, 0.717) is 12.4 Å². The van der Waals surface area contributed by atoms with E-state index in [4.69, 9.17) is 4.42 Å². The predicted octanol–water partition coefficient (Wildman–Crippen LogP) is 1.57. The molecule has 1 aromatic rings. The van der Waals surface area contributed by atoms with E-state index in [1.165, 1.54) is 0 Å². The van der Waals surface area contributed by atoms with Crippen LogP contribution in [0.15, 0.2) is 10.6 Å². The Hall–Kier alpha value is -0.950. The molecule has 138 valence electrons. The predicted molar refractivity (Wildman–Crippen MR) is 96.2 cm³/mol. The molecule has 1 N–H and O–H groups in total. The molecular weight excluding hydrogens is 304 g/mol. The molecule has 0 aliphatic carbocycles. The smallest absolute Gasteiger partial charge is 0.211 e. The number of oxazole rings is 1. The van der Waals surface area contributed by atoms with E-state index in [0.717, 1.165) is 38.5 Å². The molecular formula is C18H34N4O2. The highest BCUT2D eigenvalue weighted by molar-refractivity contribution is 5.07. The van der Waals surface area contributed by atoms with E-state index >= 15 is 0 Å². The minimum absolute atomic E-state index is 0.0372. The third-order valence-corrected chi connectivity index (χ3v) is 4.84. The Kier molecular flexibility index (Phi) is 6.42. The number of aliphatic hydroxyl groups excluding tert-OH is 1. The highest BCUT2D eigenvalue weighted by Crippen LogP contribution is 2.26. The van der Waals surface area contributed by atoms with Crippen LogP contribution in [0.5, 0.6) is 0 Å². The molecule has 2 rings (SSSR count). The molecule has 0 spiro atoms. The minimum atomic E-state index is -0.363. The van der Waals surface area contributed by atoms with Gasteiger partial charge in [0, 0.05) is 44.7 Å². The van der Waals surface area contributed by atoms with Crippen molar-refractivity contribution in [3.8, 4) is 0 Å². The Morgan fingerprint density at radius 3 is 2.46 bits per heavy atom. The zero-order chi connectivity index (χ0) is 17.9. The first-order chi connectivity index (χ1) is 11.2. The summed E-state index contributed by atoms with van der Waals surface area (Å²) < 4.78 is 5.92. The first-order valence-corrected chi connectivity index (χ1v) is 8.92. The van der Waals surface area contributed by atoms with Crippen molar-refractivity contribution < 1.29 is 9.52 Å². The Balaban J connectivity index is 1.84. The van der Waals surface area contributed by atoms with Crippen LogP contribution in [0.1, 0.15) is 45.4 Å². The molecule has 1 aliphatic rings. The summed E-state index contributed by atoms with van der Waals surface area (Å²) in [6.45, 7) is 14.0. The van der Waals surface area contributed by atoms with E-state index in [-0.39, 0.29) is 17.6 Å². The standard InChI is InChI=1S/C18H34N4O2/c1-14(17-19-11-16(24-17)18(2,3)4)21(6)12-15(23)13-22-9-7-20(5)8-10-22/h11,14-15,23H,7-10,12-13H2,1-6H3. The van der Waals surface area contributed by atoms with Gasteiger partial charge in [-0.15, -0.1) is 0 Å². The van der Waals surface area contributed by atoms with Gasteiger partial charge in [-0.25, -0.2) is 4.98 Å². The van der Waals surface area contributed by atoms with Crippen molar-refractivity contribution in [2.45, 2.75) is 45.3 Å². The number of hydrogen-bond donors (Lipinski definition) is 1. The minimum Gasteiger partial charge on any atom is -0.443 e. The van der Waals surface area contributed by atoms with Crippen molar-refractivity contribution in [3.05, 3.63) is 17.8 Å². The SMILES string of the molecule is CC(c1ncc(C(C)(C)C)o1)N(C)CC(O)CN1CCN(C)CC1. The second-order valence-electron chi connectivity index (χ2n) is 8.19. The first kappa shape index (κ1) is 19.4. The number of aliphatic hydroxyl groups is 1. The Morgan fingerprint density at radius 2 is 1.92 bits per heavy atom. The largest absolute Gasteiger partial charge is 0.443 e. The summed E-state index contributed by atoms with van der Waals surface area (Å²) in [5.74, 6) is 1.62. The van der Waals surface area contributed by atoms with Gasteiger partial charge in [0.15, 0.2) is 0 Å². The van der Waals surface area contributed by atoms with E-state index in [1.807, 2.05) is 13.2 Å². The average Bonchev–Trinajstić information content (AvgIpc) is 2.98. The maximum absolute atomic E-state index is 10.4. The second kappa shape index (κ2) is 7.95. The normalized spacial score (nSPS) is 20.5. The maximum atomic E-state index is 10.4. The van der Waals surface area contributed by atoms with E-state index in [2.05, 4.69) is 54.4 Å². The molecule has 2 unspecified atom stereocenters. The van der Waals surface area contributed by atoms with Crippen LogP contribution in [0, 0.1) is 0 Å². The summed E-state index contributed by atoms with van der Waals surface area (Å²) in [4.78, 5) is 11.2. The summed E-state index contributed by atoms with van der Waals surface area (Å²) in [5.41, 5.74) is -0.0372. The molecule has 6 nitrogen and oxygen atoms in total. The summed E-state index contributed by atoms with van der Waals surface area (Å²) in [7, 11) is 4.16. The van der Waals surface area contributed by atoms with Crippen LogP contribution in [-0.4, -0.2) is 84.3 Å². The lowest BCUT2D eigenvalue weighted by Gasteiger charge is -2.34. The number of rotatable bonds is 6. The van der Waals surface area contributed by atoms with Crippen LogP contribution in [0.3, 0.4) is 0 Å². The zero-order valence-corrected chi connectivity index (χ0v) is 16.1. The van der Waals surface area contributed by atoms with Gasteiger partial charge in [-0.05, 0) is 21.0 Å². The number of piperazine rings is 1. The lowest BCUT2D eigenvalue weighted by molar-refractivity contribution is 0.0499. The number of aromatic nitrogens is 1. The fraction of sp³-hybridized carbons (Fsp3) is 0.833. The molecule has 0 saturated carbocycles. The number of likely N-dealkylation sites (N-methyl/N-ethyl adjacent to an activating group) is 2. The molecule has 2 atom stereocenters. The topological polar surface area (TPSA) is 56.0 Å². The molecule has 1 fully saturated rings. The fourth-order valence-electron chi connectivity index (χ4n) is 2.89. The van der Waals surface area contributed by atoms with Gasteiger partial charge in [-0.1, -0.05) is 20.8 Å². The number of β-amino-alcohol motifs (C(OH)–C–C–N with tert-alkyl or cyclic N) is 1. The monoisotopic (exact) mass is 338 g/mol. The highest BCUT2D eigenvalue weighted by Gasteiger charge is 2.25. The van der Waals surface area contributed by atoms with Gasteiger partial charge in [-0.2, -0.15) is 0 Å².